The topological polar surface area (TPSA) is 130 Å². The highest BCUT2D eigenvalue weighted by molar-refractivity contribution is 5.86. The van der Waals surface area contributed by atoms with Crippen molar-refractivity contribution in [3.05, 3.63) is 71.8 Å². The average molecular weight is 701 g/mol. The van der Waals surface area contributed by atoms with Gasteiger partial charge in [-0.05, 0) is 79.4 Å². The minimum absolute atomic E-state index is 0.00486. The van der Waals surface area contributed by atoms with Gasteiger partial charge in [-0.2, -0.15) is 0 Å². The summed E-state index contributed by atoms with van der Waals surface area (Å²) in [6.07, 6.45) is -0.394. The van der Waals surface area contributed by atoms with Crippen LogP contribution < -0.4 is 0 Å². The highest BCUT2D eigenvalue weighted by Gasteiger charge is 2.47. The summed E-state index contributed by atoms with van der Waals surface area (Å²) in [5.41, 5.74) is -2.90. The molecule has 0 bridgehead atoms. The number of amides is 2. The van der Waals surface area contributed by atoms with Crippen LogP contribution >= 0.6 is 0 Å². The number of nitrogens with zero attached hydrogens (tertiary/aromatic N) is 2. The van der Waals surface area contributed by atoms with Gasteiger partial charge >= 0.3 is 24.1 Å². The van der Waals surface area contributed by atoms with Crippen molar-refractivity contribution in [1.82, 2.24) is 9.80 Å². The molecular formula is C38H56N2O10. The molecule has 0 radical (unpaired) electrons. The Bertz CT molecular complexity index is 1270. The molecule has 0 saturated heterocycles. The van der Waals surface area contributed by atoms with Crippen molar-refractivity contribution >= 4 is 24.1 Å². The van der Waals surface area contributed by atoms with Gasteiger partial charge in [-0.15, -0.1) is 0 Å². The monoisotopic (exact) mass is 700 g/mol. The fraction of sp³-hybridized carbons (Fsp3) is 0.579. The van der Waals surface area contributed by atoms with Crippen LogP contribution in [0.1, 0.15) is 79.4 Å². The lowest BCUT2D eigenvalue weighted by atomic mass is 9.91. The number of hydrogen-bond acceptors (Lipinski definition) is 10. The van der Waals surface area contributed by atoms with Gasteiger partial charge in [-0.1, -0.05) is 60.7 Å². The number of benzene rings is 2. The highest BCUT2D eigenvalue weighted by atomic mass is 16.6. The molecule has 0 aliphatic rings. The average Bonchev–Trinajstić information content (AvgIpc) is 3.02. The van der Waals surface area contributed by atoms with E-state index in [0.29, 0.717) is 12.8 Å². The molecule has 0 fully saturated rings. The summed E-state index contributed by atoms with van der Waals surface area (Å²) in [6.45, 7) is 13.3. The smallest absolute Gasteiger partial charge is 0.413 e. The molecule has 0 N–H and O–H groups in total. The fourth-order valence-electron chi connectivity index (χ4n) is 5.07. The number of carbonyl (C=O) groups is 4. The maximum Gasteiger partial charge on any atom is 0.413 e. The number of methoxy groups -OCH3 is 2. The molecule has 0 heterocycles. The van der Waals surface area contributed by atoms with Crippen LogP contribution in [0.5, 0.6) is 0 Å². The summed E-state index contributed by atoms with van der Waals surface area (Å²) in [4.78, 5) is 56.5. The number of hydrogen-bond donors (Lipinski definition) is 0. The lowest BCUT2D eigenvalue weighted by molar-refractivity contribution is -0.162. The third-order valence-corrected chi connectivity index (χ3v) is 7.60. The van der Waals surface area contributed by atoms with Crippen molar-refractivity contribution in [2.24, 2.45) is 0 Å². The molecule has 2 rings (SSSR count). The third-order valence-electron chi connectivity index (χ3n) is 7.60. The Morgan fingerprint density at radius 3 is 1.14 bits per heavy atom. The van der Waals surface area contributed by atoms with Gasteiger partial charge in [-0.3, -0.25) is 9.80 Å². The minimum Gasteiger partial charge on any atom is -0.464 e. The van der Waals surface area contributed by atoms with Crippen LogP contribution in [0.15, 0.2) is 60.7 Å². The van der Waals surface area contributed by atoms with Crippen molar-refractivity contribution in [2.45, 2.75) is 103 Å². The van der Waals surface area contributed by atoms with Crippen molar-refractivity contribution in [3.8, 4) is 0 Å². The molecule has 2 aromatic carbocycles. The van der Waals surface area contributed by atoms with Gasteiger partial charge in [0.25, 0.3) is 0 Å². The molecule has 12 heteroatoms. The van der Waals surface area contributed by atoms with Gasteiger partial charge in [0, 0.05) is 27.1 Å². The molecule has 2 atom stereocenters. The van der Waals surface area contributed by atoms with Crippen LogP contribution in [0.4, 0.5) is 9.59 Å². The molecular weight excluding hydrogens is 644 g/mol. The van der Waals surface area contributed by atoms with E-state index < -0.39 is 46.4 Å². The Labute approximate surface area is 297 Å². The zero-order chi connectivity index (χ0) is 37.6. The molecule has 0 aromatic heterocycles. The summed E-state index contributed by atoms with van der Waals surface area (Å²) < 4.78 is 33.3. The van der Waals surface area contributed by atoms with Crippen LogP contribution in [-0.2, 0) is 50.9 Å². The number of esters is 2. The molecule has 0 saturated carbocycles. The first-order valence-corrected chi connectivity index (χ1v) is 16.8. The van der Waals surface area contributed by atoms with E-state index >= 15 is 0 Å². The van der Waals surface area contributed by atoms with Gasteiger partial charge in [0.2, 0.25) is 0 Å². The van der Waals surface area contributed by atoms with Crippen molar-refractivity contribution in [2.75, 3.05) is 40.9 Å². The summed E-state index contributed by atoms with van der Waals surface area (Å²) in [6, 6.07) is 18.6. The van der Waals surface area contributed by atoms with E-state index in [1.165, 1.54) is 24.0 Å². The predicted octanol–water partition coefficient (Wildman–Crippen LogP) is 6.54. The van der Waals surface area contributed by atoms with E-state index in [9.17, 15) is 19.2 Å². The van der Waals surface area contributed by atoms with Crippen LogP contribution in [0.2, 0.25) is 0 Å². The van der Waals surface area contributed by atoms with Gasteiger partial charge < -0.3 is 28.4 Å². The lowest BCUT2D eigenvalue weighted by Gasteiger charge is -2.39. The summed E-state index contributed by atoms with van der Waals surface area (Å²) in [5, 5.41) is 0. The second-order valence-electron chi connectivity index (χ2n) is 14.5. The number of unbranched alkanes of at least 4 members (excludes halogenated alkanes) is 1. The van der Waals surface area contributed by atoms with Crippen molar-refractivity contribution in [3.63, 3.8) is 0 Å². The molecule has 2 amide bonds. The maximum atomic E-state index is 13.7. The largest absolute Gasteiger partial charge is 0.464 e. The SMILES string of the molecule is COCN(C(=O)OC(C)(C)C)C(C)(Cc1ccccc1)C(=O)OCCCCOC(=O)C(C)(Cc1ccccc1)N(COC)C(=O)OC(C)(C)C. The van der Waals surface area contributed by atoms with E-state index in [1.807, 2.05) is 60.7 Å². The number of ether oxygens (including phenoxy) is 6. The van der Waals surface area contributed by atoms with Crippen LogP contribution in [0.3, 0.4) is 0 Å². The quantitative estimate of drug-likeness (QED) is 0.0777. The fourth-order valence-corrected chi connectivity index (χ4v) is 5.07. The zero-order valence-electron chi connectivity index (χ0n) is 31.4. The molecule has 0 aliphatic heterocycles. The Balaban J connectivity index is 2.15. The number of rotatable bonds is 17. The van der Waals surface area contributed by atoms with Gasteiger partial charge in [0.05, 0.1) is 13.2 Å². The minimum atomic E-state index is -1.46. The Morgan fingerprint density at radius 2 is 0.860 bits per heavy atom. The second-order valence-corrected chi connectivity index (χ2v) is 14.5. The first-order valence-electron chi connectivity index (χ1n) is 16.8. The van der Waals surface area contributed by atoms with E-state index in [4.69, 9.17) is 28.4 Å². The molecule has 50 heavy (non-hydrogen) atoms. The third kappa shape index (κ3) is 12.9. The van der Waals surface area contributed by atoms with E-state index in [-0.39, 0.29) is 39.5 Å². The molecule has 0 spiro atoms. The standard InChI is InChI=1S/C38H56N2O10/c1-35(2,3)49-33(43)39(27-45-9)37(7,25-29-19-13-11-14-20-29)31(41)47-23-17-18-24-48-32(42)38(8,26-30-21-15-12-16-22-30)40(28-46-10)34(44)50-36(4,5)6/h11-16,19-22H,17-18,23-28H2,1-10H3. The van der Waals surface area contributed by atoms with Crippen LogP contribution in [-0.4, -0.2) is 97.1 Å². The van der Waals surface area contributed by atoms with E-state index in [2.05, 4.69) is 0 Å². The van der Waals surface area contributed by atoms with Crippen molar-refractivity contribution in [1.29, 1.82) is 0 Å². The molecule has 12 nitrogen and oxygen atoms in total. The summed E-state index contributed by atoms with van der Waals surface area (Å²) >= 11 is 0. The predicted molar refractivity (Wildman–Crippen MR) is 188 cm³/mol. The van der Waals surface area contributed by atoms with Crippen molar-refractivity contribution < 1.29 is 47.6 Å². The zero-order valence-corrected chi connectivity index (χ0v) is 31.4. The van der Waals surface area contributed by atoms with Crippen LogP contribution in [0.25, 0.3) is 0 Å². The maximum absolute atomic E-state index is 13.7. The van der Waals surface area contributed by atoms with E-state index in [0.717, 1.165) is 11.1 Å². The Kier molecular flexibility index (Phi) is 15.7. The van der Waals surface area contributed by atoms with Gasteiger partial charge in [0.1, 0.15) is 35.7 Å². The Morgan fingerprint density at radius 1 is 0.540 bits per heavy atom. The molecule has 2 unspecified atom stereocenters. The van der Waals surface area contributed by atoms with E-state index in [1.54, 1.807) is 55.4 Å². The first-order chi connectivity index (χ1) is 23.4. The Hall–Kier alpha value is -4.16. The lowest BCUT2D eigenvalue weighted by Crippen LogP contribution is -2.58. The van der Waals surface area contributed by atoms with Gasteiger partial charge in [-0.25, -0.2) is 19.2 Å². The van der Waals surface area contributed by atoms with Gasteiger partial charge in [0.15, 0.2) is 0 Å². The molecule has 278 valence electrons. The van der Waals surface area contributed by atoms with Crippen LogP contribution in [0, 0.1) is 0 Å². The second kappa shape index (κ2) is 18.7. The first kappa shape index (κ1) is 42.0. The highest BCUT2D eigenvalue weighted by Crippen LogP contribution is 2.28. The molecule has 0 aliphatic carbocycles. The summed E-state index contributed by atoms with van der Waals surface area (Å²) in [7, 11) is 2.86. The number of carbonyl (C=O) groups excluding carboxylic acids is 4. The summed E-state index contributed by atoms with van der Waals surface area (Å²) in [5.74, 6) is -1.27. The normalized spacial score (nSPS) is 14.0. The molecule has 2 aromatic rings.